The van der Waals surface area contributed by atoms with Crippen LogP contribution in [0.25, 0.3) is 0 Å². The van der Waals surface area contributed by atoms with Crippen molar-refractivity contribution in [3.63, 3.8) is 0 Å². The standard InChI is InChI=1S/C10H16N2O11P2.2Na/c1-5-3-12(10(14)11-9(5)13)8-2-6(23-25(18,19)20)7(22-8)4-21-24(15,16)17;;/h3,6-8H,2,4H2,1H3,(H,11,13,14)(H2,15,16,17)(H2,18,19,20);;/q;2*+1/p-2/t6-,7-,8-;;/m1../s1. The van der Waals surface area contributed by atoms with Crippen molar-refractivity contribution in [1.82, 2.24) is 9.55 Å². The Labute approximate surface area is 196 Å². The van der Waals surface area contributed by atoms with Crippen molar-refractivity contribution in [2.45, 2.75) is 31.8 Å². The van der Waals surface area contributed by atoms with E-state index in [1.165, 1.54) is 6.92 Å². The number of nitrogens with zero attached hydrogens (tertiary/aromatic N) is 1. The molecule has 0 aliphatic carbocycles. The predicted octanol–water partition coefficient (Wildman–Crippen LogP) is -8.54. The summed E-state index contributed by atoms with van der Waals surface area (Å²) in [5, 5.41) is 0. The first kappa shape index (κ1) is 27.9. The van der Waals surface area contributed by atoms with Crippen LogP contribution in [-0.2, 0) is 22.9 Å². The summed E-state index contributed by atoms with van der Waals surface area (Å²) in [4.78, 5) is 64.3. The average molecular weight is 446 g/mol. The zero-order valence-electron chi connectivity index (χ0n) is 14.6. The zero-order valence-corrected chi connectivity index (χ0v) is 20.4. The third kappa shape index (κ3) is 8.63. The Morgan fingerprint density at radius 2 is 1.89 bits per heavy atom. The van der Waals surface area contributed by atoms with Crippen LogP contribution in [0.2, 0.25) is 0 Å². The van der Waals surface area contributed by atoms with E-state index in [0.717, 1.165) is 10.8 Å². The summed E-state index contributed by atoms with van der Waals surface area (Å²) >= 11 is 0. The molecule has 3 N–H and O–H groups in total. The van der Waals surface area contributed by atoms with E-state index < -0.39 is 51.9 Å². The minimum absolute atomic E-state index is 0. The van der Waals surface area contributed by atoms with Gasteiger partial charge in [0, 0.05) is 18.2 Å². The SMILES string of the molecule is Cc1cn([C@H]2C[C@@H](OP(=O)([O-])O)[C@@H](COP(=O)([O-])O)O2)c(=O)[nH]c1=O.[Na+].[Na+]. The van der Waals surface area contributed by atoms with Gasteiger partial charge in [0.1, 0.15) is 12.3 Å². The Balaban J connectivity index is 0.00000338. The summed E-state index contributed by atoms with van der Waals surface area (Å²) in [6.45, 7) is 0.590. The average Bonchev–Trinajstić information content (AvgIpc) is 2.80. The van der Waals surface area contributed by atoms with E-state index in [0.29, 0.717) is 0 Å². The molecule has 0 amide bonds. The molecule has 0 spiro atoms. The van der Waals surface area contributed by atoms with Gasteiger partial charge in [0.15, 0.2) is 0 Å². The number of hydrogen-bond acceptors (Lipinski definition) is 9. The number of ether oxygens (including phenoxy) is 1. The van der Waals surface area contributed by atoms with Crippen LogP contribution >= 0.6 is 15.6 Å². The molecule has 2 unspecified atom stereocenters. The summed E-state index contributed by atoms with van der Waals surface area (Å²) in [6.07, 6.45) is -3.03. The Morgan fingerprint density at radius 1 is 1.30 bits per heavy atom. The van der Waals surface area contributed by atoms with Gasteiger partial charge >= 0.3 is 64.8 Å². The molecule has 2 rings (SSSR count). The molecule has 1 fully saturated rings. The van der Waals surface area contributed by atoms with Gasteiger partial charge in [-0.25, -0.2) is 4.79 Å². The second-order valence-corrected chi connectivity index (χ2v) is 7.56. The Bertz CT molecular complexity index is 846. The van der Waals surface area contributed by atoms with Gasteiger partial charge < -0.3 is 33.4 Å². The second kappa shape index (κ2) is 10.8. The van der Waals surface area contributed by atoms with Crippen LogP contribution in [-0.4, -0.2) is 38.2 Å². The fourth-order valence-electron chi connectivity index (χ4n) is 2.27. The first-order valence-corrected chi connectivity index (χ1v) is 9.73. The van der Waals surface area contributed by atoms with Crippen molar-refractivity contribution in [1.29, 1.82) is 0 Å². The molecule has 13 nitrogen and oxygen atoms in total. The summed E-state index contributed by atoms with van der Waals surface area (Å²) in [5.41, 5.74) is -1.32. The molecular weight excluding hydrogens is 432 g/mol. The minimum Gasteiger partial charge on any atom is -0.756 e. The quantitative estimate of drug-likeness (QED) is 0.277. The Kier molecular flexibility index (Phi) is 11.1. The molecule has 5 atom stereocenters. The Morgan fingerprint density at radius 3 is 2.41 bits per heavy atom. The fourth-order valence-corrected chi connectivity index (χ4v) is 3.17. The molecule has 17 heteroatoms. The van der Waals surface area contributed by atoms with Crippen molar-refractivity contribution in [3.8, 4) is 0 Å². The Hall–Kier alpha value is 0.860. The van der Waals surface area contributed by atoms with Crippen LogP contribution in [0.1, 0.15) is 18.2 Å². The van der Waals surface area contributed by atoms with E-state index in [9.17, 15) is 28.5 Å². The van der Waals surface area contributed by atoms with Gasteiger partial charge in [0.25, 0.3) is 21.2 Å². The summed E-state index contributed by atoms with van der Waals surface area (Å²) in [7, 11) is -10.3. The number of aromatic nitrogens is 2. The molecule has 27 heavy (non-hydrogen) atoms. The van der Waals surface area contributed by atoms with E-state index in [1.54, 1.807) is 0 Å². The van der Waals surface area contributed by atoms with Gasteiger partial charge in [-0.15, -0.1) is 0 Å². The van der Waals surface area contributed by atoms with Crippen LogP contribution < -0.4 is 80.2 Å². The monoisotopic (exact) mass is 446 g/mol. The predicted molar refractivity (Wildman–Crippen MR) is 75.1 cm³/mol. The van der Waals surface area contributed by atoms with E-state index in [2.05, 4.69) is 9.05 Å². The fraction of sp³-hybridized carbons (Fsp3) is 0.600. The number of aromatic amines is 1. The number of phosphoric acid groups is 2. The normalized spacial score (nSPS) is 26.3. The molecule has 1 aliphatic heterocycles. The van der Waals surface area contributed by atoms with Gasteiger partial charge in [-0.05, 0) is 6.92 Å². The topological polar surface area (TPSA) is 203 Å². The molecule has 1 aliphatic rings. The molecule has 0 bridgehead atoms. The summed E-state index contributed by atoms with van der Waals surface area (Å²) in [6, 6.07) is 0. The van der Waals surface area contributed by atoms with Crippen LogP contribution in [0.15, 0.2) is 15.8 Å². The molecule has 2 heterocycles. The number of nitrogens with one attached hydrogen (secondary N) is 1. The molecule has 1 aromatic heterocycles. The largest absolute Gasteiger partial charge is 1.00 e. The van der Waals surface area contributed by atoms with Crippen molar-refractivity contribution in [3.05, 3.63) is 32.6 Å². The number of rotatable bonds is 6. The van der Waals surface area contributed by atoms with E-state index in [1.807, 2.05) is 4.98 Å². The van der Waals surface area contributed by atoms with Gasteiger partial charge in [0.2, 0.25) is 0 Å². The summed E-state index contributed by atoms with van der Waals surface area (Å²) in [5.74, 6) is 0. The van der Waals surface area contributed by atoms with Crippen molar-refractivity contribution >= 4 is 15.6 Å². The van der Waals surface area contributed by atoms with Gasteiger partial charge in [-0.2, -0.15) is 0 Å². The van der Waals surface area contributed by atoms with Crippen molar-refractivity contribution in [2.24, 2.45) is 0 Å². The molecule has 0 saturated carbocycles. The van der Waals surface area contributed by atoms with E-state index in [-0.39, 0.29) is 71.1 Å². The first-order valence-electron chi connectivity index (χ1n) is 6.74. The van der Waals surface area contributed by atoms with Crippen LogP contribution in [0.3, 0.4) is 0 Å². The number of aryl methyl sites for hydroxylation is 1. The van der Waals surface area contributed by atoms with Crippen molar-refractivity contribution < 1.29 is 102 Å². The van der Waals surface area contributed by atoms with Crippen LogP contribution in [0, 0.1) is 6.92 Å². The van der Waals surface area contributed by atoms with Crippen LogP contribution in [0.4, 0.5) is 0 Å². The maximum Gasteiger partial charge on any atom is 1.00 e. The molecule has 1 saturated heterocycles. The summed E-state index contributed by atoms with van der Waals surface area (Å²) < 4.78 is 36.4. The number of H-pyrrole nitrogens is 1. The van der Waals surface area contributed by atoms with Crippen molar-refractivity contribution in [2.75, 3.05) is 6.61 Å². The molecule has 0 radical (unpaired) electrons. The maximum atomic E-state index is 11.8. The molecule has 1 aromatic rings. The second-order valence-electron chi connectivity index (χ2n) is 5.22. The molecule has 142 valence electrons. The number of phosphoric ester groups is 2. The third-order valence-electron chi connectivity index (χ3n) is 3.31. The van der Waals surface area contributed by atoms with Gasteiger partial charge in [-0.1, -0.05) is 0 Å². The minimum atomic E-state index is -5.20. The van der Waals surface area contributed by atoms with E-state index >= 15 is 0 Å². The first-order chi connectivity index (χ1) is 11.4. The van der Waals surface area contributed by atoms with Gasteiger partial charge in [0.05, 0.1) is 12.7 Å². The van der Waals surface area contributed by atoms with Crippen LogP contribution in [0.5, 0.6) is 0 Å². The smallest absolute Gasteiger partial charge is 0.756 e. The third-order valence-corrected chi connectivity index (χ3v) is 4.32. The van der Waals surface area contributed by atoms with Gasteiger partial charge in [-0.3, -0.25) is 23.5 Å². The molecule has 0 aromatic carbocycles. The van der Waals surface area contributed by atoms with E-state index in [4.69, 9.17) is 14.5 Å². The maximum absolute atomic E-state index is 11.8. The molecular formula is C10H14N2Na2O11P2. The zero-order chi connectivity index (χ0) is 19.0. The number of hydrogen-bond donors (Lipinski definition) is 3.